The molecule has 0 bridgehead atoms. The summed E-state index contributed by atoms with van der Waals surface area (Å²) < 4.78 is 0. The highest BCUT2D eigenvalue weighted by molar-refractivity contribution is 5.93. The van der Waals surface area contributed by atoms with Crippen LogP contribution >= 0.6 is 0 Å². The van der Waals surface area contributed by atoms with E-state index in [1.165, 1.54) is 13.0 Å². The Morgan fingerprint density at radius 2 is 1.88 bits per heavy atom. The smallest absolute Gasteiger partial charge is 0.248 e. The van der Waals surface area contributed by atoms with Gasteiger partial charge in [0.05, 0.1) is 11.4 Å². The van der Waals surface area contributed by atoms with Gasteiger partial charge in [-0.25, -0.2) is 0 Å². The van der Waals surface area contributed by atoms with Gasteiger partial charge in [-0.15, -0.1) is 0 Å². The first kappa shape index (κ1) is 11.1. The molecule has 86 valence electrons. The number of aromatic nitrogens is 1. The van der Waals surface area contributed by atoms with Gasteiger partial charge in [-0.1, -0.05) is 24.3 Å². The van der Waals surface area contributed by atoms with Crippen molar-refractivity contribution in [2.45, 2.75) is 6.92 Å². The van der Waals surface area contributed by atoms with Crippen LogP contribution in [-0.4, -0.2) is 10.9 Å². The van der Waals surface area contributed by atoms with Crippen LogP contribution in [-0.2, 0) is 4.79 Å². The van der Waals surface area contributed by atoms with E-state index in [2.05, 4.69) is 10.3 Å². The molecular formula is C13H12N2O2. The minimum Gasteiger partial charge on any atom is -0.326 e. The number of aromatic amines is 1. The minimum absolute atomic E-state index is 0.143. The lowest BCUT2D eigenvalue weighted by molar-refractivity contribution is -0.114. The van der Waals surface area contributed by atoms with Gasteiger partial charge in [0.15, 0.2) is 0 Å². The van der Waals surface area contributed by atoms with Crippen LogP contribution in [0, 0.1) is 0 Å². The number of anilines is 1. The summed E-state index contributed by atoms with van der Waals surface area (Å²) in [5.41, 5.74) is 1.99. The molecular weight excluding hydrogens is 216 g/mol. The zero-order valence-electron chi connectivity index (χ0n) is 9.36. The molecule has 0 aliphatic heterocycles. The number of H-pyrrole nitrogens is 1. The Kier molecular flexibility index (Phi) is 3.05. The SMILES string of the molecule is CC(=O)Nc1ccccc1-c1cccc(=O)[nH]1. The van der Waals surface area contributed by atoms with Gasteiger partial charge in [-0.2, -0.15) is 0 Å². The molecule has 17 heavy (non-hydrogen) atoms. The second-order valence-electron chi connectivity index (χ2n) is 3.66. The van der Waals surface area contributed by atoms with Crippen molar-refractivity contribution >= 4 is 11.6 Å². The molecule has 1 aromatic carbocycles. The molecule has 4 heteroatoms. The van der Waals surface area contributed by atoms with Crippen LogP contribution in [0.1, 0.15) is 6.92 Å². The molecule has 0 radical (unpaired) electrons. The molecule has 0 aliphatic rings. The Labute approximate surface area is 98.3 Å². The summed E-state index contributed by atoms with van der Waals surface area (Å²) >= 11 is 0. The summed E-state index contributed by atoms with van der Waals surface area (Å²) in [4.78, 5) is 25.1. The first-order chi connectivity index (χ1) is 8.16. The van der Waals surface area contributed by atoms with Crippen LogP contribution < -0.4 is 10.9 Å². The van der Waals surface area contributed by atoms with E-state index in [1.54, 1.807) is 18.2 Å². The maximum atomic E-state index is 11.3. The summed E-state index contributed by atoms with van der Waals surface area (Å²) in [5.74, 6) is -0.143. The number of benzene rings is 1. The van der Waals surface area contributed by atoms with Gasteiger partial charge in [0.2, 0.25) is 11.5 Å². The summed E-state index contributed by atoms with van der Waals surface area (Å²) in [6.45, 7) is 1.45. The number of amides is 1. The Bertz CT molecular complexity index is 602. The Balaban J connectivity index is 2.51. The van der Waals surface area contributed by atoms with Gasteiger partial charge in [0.25, 0.3) is 0 Å². The van der Waals surface area contributed by atoms with Crippen LogP contribution in [0.25, 0.3) is 11.3 Å². The van der Waals surface area contributed by atoms with E-state index in [-0.39, 0.29) is 11.5 Å². The minimum atomic E-state index is -0.167. The molecule has 1 heterocycles. The highest BCUT2D eigenvalue weighted by Gasteiger charge is 2.05. The Morgan fingerprint density at radius 3 is 2.59 bits per heavy atom. The second-order valence-corrected chi connectivity index (χ2v) is 3.66. The van der Waals surface area contributed by atoms with Crippen LogP contribution in [0.5, 0.6) is 0 Å². The molecule has 0 atom stereocenters. The number of hydrogen-bond donors (Lipinski definition) is 2. The van der Waals surface area contributed by atoms with Crippen molar-refractivity contribution in [1.29, 1.82) is 0 Å². The molecule has 1 amide bonds. The summed E-state index contributed by atoms with van der Waals surface area (Å²) in [6, 6.07) is 12.2. The molecule has 2 N–H and O–H groups in total. The van der Waals surface area contributed by atoms with Crippen molar-refractivity contribution in [2.75, 3.05) is 5.32 Å². The third-order valence-corrected chi connectivity index (χ3v) is 2.30. The van der Waals surface area contributed by atoms with Gasteiger partial charge in [-0.3, -0.25) is 9.59 Å². The number of carbonyl (C=O) groups is 1. The molecule has 0 spiro atoms. The zero-order valence-corrected chi connectivity index (χ0v) is 9.36. The van der Waals surface area contributed by atoms with E-state index in [4.69, 9.17) is 0 Å². The topological polar surface area (TPSA) is 62.0 Å². The van der Waals surface area contributed by atoms with Crippen molar-refractivity contribution < 1.29 is 4.79 Å². The molecule has 1 aromatic heterocycles. The number of nitrogens with one attached hydrogen (secondary N) is 2. The van der Waals surface area contributed by atoms with Crippen LogP contribution in [0.15, 0.2) is 47.3 Å². The quantitative estimate of drug-likeness (QED) is 0.825. The van der Waals surface area contributed by atoms with Crippen molar-refractivity contribution in [1.82, 2.24) is 4.98 Å². The van der Waals surface area contributed by atoms with Gasteiger partial charge >= 0.3 is 0 Å². The number of carbonyl (C=O) groups excluding carboxylic acids is 1. The Hall–Kier alpha value is -2.36. The lowest BCUT2D eigenvalue weighted by Crippen LogP contribution is -2.08. The van der Waals surface area contributed by atoms with E-state index in [1.807, 2.05) is 18.2 Å². The molecule has 4 nitrogen and oxygen atoms in total. The predicted molar refractivity (Wildman–Crippen MR) is 66.8 cm³/mol. The highest BCUT2D eigenvalue weighted by Crippen LogP contribution is 2.25. The van der Waals surface area contributed by atoms with Gasteiger partial charge in [-0.05, 0) is 12.1 Å². The number of hydrogen-bond acceptors (Lipinski definition) is 2. The molecule has 0 saturated heterocycles. The maximum absolute atomic E-state index is 11.3. The summed E-state index contributed by atoms with van der Waals surface area (Å²) in [7, 11) is 0. The number of rotatable bonds is 2. The average molecular weight is 228 g/mol. The number of pyridine rings is 1. The first-order valence-electron chi connectivity index (χ1n) is 5.23. The zero-order chi connectivity index (χ0) is 12.3. The van der Waals surface area contributed by atoms with Gasteiger partial charge < -0.3 is 10.3 Å². The van der Waals surface area contributed by atoms with E-state index in [9.17, 15) is 9.59 Å². The molecule has 2 aromatic rings. The molecule has 0 aliphatic carbocycles. The van der Waals surface area contributed by atoms with E-state index in [0.717, 1.165) is 5.56 Å². The Morgan fingerprint density at radius 1 is 1.12 bits per heavy atom. The van der Waals surface area contributed by atoms with Crippen molar-refractivity contribution in [2.24, 2.45) is 0 Å². The fraction of sp³-hybridized carbons (Fsp3) is 0.0769. The van der Waals surface area contributed by atoms with Gasteiger partial charge in [0.1, 0.15) is 0 Å². The summed E-state index contributed by atoms with van der Waals surface area (Å²) in [5, 5.41) is 2.73. The monoisotopic (exact) mass is 228 g/mol. The fourth-order valence-electron chi connectivity index (χ4n) is 1.62. The molecule has 0 saturated carbocycles. The van der Waals surface area contributed by atoms with Crippen molar-refractivity contribution in [3.05, 3.63) is 52.8 Å². The average Bonchev–Trinajstić information content (AvgIpc) is 2.29. The fourth-order valence-corrected chi connectivity index (χ4v) is 1.62. The van der Waals surface area contributed by atoms with Crippen LogP contribution in [0.2, 0.25) is 0 Å². The summed E-state index contributed by atoms with van der Waals surface area (Å²) in [6.07, 6.45) is 0. The first-order valence-corrected chi connectivity index (χ1v) is 5.23. The van der Waals surface area contributed by atoms with E-state index < -0.39 is 0 Å². The van der Waals surface area contributed by atoms with Crippen LogP contribution in [0.4, 0.5) is 5.69 Å². The van der Waals surface area contributed by atoms with E-state index >= 15 is 0 Å². The van der Waals surface area contributed by atoms with E-state index in [0.29, 0.717) is 11.4 Å². The maximum Gasteiger partial charge on any atom is 0.248 e. The molecule has 0 fully saturated rings. The second kappa shape index (κ2) is 4.65. The molecule has 2 rings (SSSR count). The lowest BCUT2D eigenvalue weighted by atomic mass is 10.1. The highest BCUT2D eigenvalue weighted by atomic mass is 16.1. The number of para-hydroxylation sites is 1. The third kappa shape index (κ3) is 2.60. The predicted octanol–water partition coefficient (Wildman–Crippen LogP) is 2.00. The lowest BCUT2D eigenvalue weighted by Gasteiger charge is -2.09. The molecule has 0 unspecified atom stereocenters. The van der Waals surface area contributed by atoms with Crippen molar-refractivity contribution in [3.8, 4) is 11.3 Å². The third-order valence-electron chi connectivity index (χ3n) is 2.30. The standard InChI is InChI=1S/C13H12N2O2/c1-9(16)14-11-6-3-2-5-10(11)12-7-4-8-13(17)15-12/h2-8H,1H3,(H,14,16)(H,15,17). The normalized spacial score (nSPS) is 9.94. The van der Waals surface area contributed by atoms with Gasteiger partial charge in [0, 0.05) is 18.6 Å². The van der Waals surface area contributed by atoms with Crippen LogP contribution in [0.3, 0.4) is 0 Å². The largest absolute Gasteiger partial charge is 0.326 e. The van der Waals surface area contributed by atoms with Crippen molar-refractivity contribution in [3.63, 3.8) is 0 Å².